The van der Waals surface area contributed by atoms with Crippen molar-refractivity contribution < 1.29 is 13.2 Å². The predicted octanol–water partition coefficient (Wildman–Crippen LogP) is 3.12. The summed E-state index contributed by atoms with van der Waals surface area (Å²) in [6, 6.07) is 12.7. The van der Waals surface area contributed by atoms with Crippen molar-refractivity contribution in [2.75, 3.05) is 16.7 Å². The molecule has 0 aromatic heterocycles. The van der Waals surface area contributed by atoms with Crippen molar-refractivity contribution in [3.8, 4) is 0 Å². The minimum atomic E-state index is -3.76. The molecule has 0 aliphatic carbocycles. The fourth-order valence-electron chi connectivity index (χ4n) is 1.81. The monoisotopic (exact) mass is 338 g/mol. The number of rotatable bonds is 4. The number of amides is 1. The van der Waals surface area contributed by atoms with Crippen molar-refractivity contribution in [3.63, 3.8) is 0 Å². The van der Waals surface area contributed by atoms with E-state index in [-0.39, 0.29) is 15.8 Å². The van der Waals surface area contributed by atoms with Crippen LogP contribution in [-0.2, 0) is 14.8 Å². The lowest BCUT2D eigenvalue weighted by atomic mass is 10.2. The smallest absolute Gasteiger partial charge is 0.263 e. The Kier molecular flexibility index (Phi) is 4.73. The maximum absolute atomic E-state index is 12.3. The van der Waals surface area contributed by atoms with Crippen LogP contribution in [0, 0.1) is 0 Å². The molecule has 0 saturated heterocycles. The van der Waals surface area contributed by atoms with Crippen LogP contribution < -0.4 is 9.62 Å². The summed E-state index contributed by atoms with van der Waals surface area (Å²) >= 11 is 5.91. The molecule has 0 saturated carbocycles. The molecule has 0 heterocycles. The highest BCUT2D eigenvalue weighted by Gasteiger charge is 2.17. The van der Waals surface area contributed by atoms with Gasteiger partial charge in [-0.15, -0.1) is 0 Å². The number of halogens is 1. The van der Waals surface area contributed by atoms with Crippen molar-refractivity contribution in [2.45, 2.75) is 11.8 Å². The van der Waals surface area contributed by atoms with Gasteiger partial charge in [-0.05, 0) is 36.4 Å². The quantitative estimate of drug-likeness (QED) is 0.931. The molecular weight excluding hydrogens is 324 g/mol. The lowest BCUT2D eigenvalue weighted by molar-refractivity contribution is -0.116. The number of carbonyl (C=O) groups excluding carboxylic acids is 1. The Bertz CT molecular complexity index is 789. The number of hydrogen-bond donors (Lipinski definition) is 1. The van der Waals surface area contributed by atoms with Gasteiger partial charge in [-0.1, -0.05) is 23.7 Å². The number of carbonyl (C=O) groups is 1. The number of nitrogens with one attached hydrogen (secondary N) is 1. The van der Waals surface area contributed by atoms with Gasteiger partial charge in [-0.2, -0.15) is 0 Å². The van der Waals surface area contributed by atoms with E-state index in [1.807, 2.05) is 0 Å². The lowest BCUT2D eigenvalue weighted by Gasteiger charge is -2.15. The van der Waals surface area contributed by atoms with Crippen LogP contribution in [0.2, 0.25) is 5.02 Å². The van der Waals surface area contributed by atoms with E-state index < -0.39 is 10.0 Å². The van der Waals surface area contributed by atoms with Gasteiger partial charge in [-0.25, -0.2) is 8.42 Å². The average Bonchev–Trinajstić information content (AvgIpc) is 2.47. The molecule has 2 aromatic rings. The summed E-state index contributed by atoms with van der Waals surface area (Å²) in [6.45, 7) is 1.45. The molecule has 0 atom stereocenters. The Morgan fingerprint density at radius 1 is 1.09 bits per heavy atom. The first-order valence-electron chi connectivity index (χ1n) is 6.43. The van der Waals surface area contributed by atoms with Crippen molar-refractivity contribution >= 4 is 38.9 Å². The van der Waals surface area contributed by atoms with Crippen LogP contribution in [0.25, 0.3) is 0 Å². The van der Waals surface area contributed by atoms with E-state index in [9.17, 15) is 13.2 Å². The predicted molar refractivity (Wildman–Crippen MR) is 87.8 cm³/mol. The summed E-state index contributed by atoms with van der Waals surface area (Å²) in [5.41, 5.74) is 1.06. The highest BCUT2D eigenvalue weighted by Crippen LogP contribution is 2.24. The third kappa shape index (κ3) is 3.58. The third-order valence-electron chi connectivity index (χ3n) is 3.11. The van der Waals surface area contributed by atoms with Crippen LogP contribution in [0.5, 0.6) is 0 Å². The van der Waals surface area contributed by atoms with E-state index >= 15 is 0 Å². The molecule has 1 N–H and O–H groups in total. The summed E-state index contributed by atoms with van der Waals surface area (Å²) in [4.78, 5) is 12.8. The van der Waals surface area contributed by atoms with Crippen LogP contribution >= 0.6 is 11.6 Å². The number of benzene rings is 2. The van der Waals surface area contributed by atoms with Crippen LogP contribution in [0.1, 0.15) is 6.92 Å². The van der Waals surface area contributed by atoms with Crippen LogP contribution in [0.3, 0.4) is 0 Å². The van der Waals surface area contributed by atoms with E-state index in [2.05, 4.69) is 4.72 Å². The summed E-state index contributed by atoms with van der Waals surface area (Å²) < 4.78 is 27.0. The molecule has 5 nitrogen and oxygen atoms in total. The Hall–Kier alpha value is -2.05. The van der Waals surface area contributed by atoms with Crippen LogP contribution in [0.4, 0.5) is 11.4 Å². The van der Waals surface area contributed by atoms with E-state index in [1.165, 1.54) is 24.0 Å². The van der Waals surface area contributed by atoms with Gasteiger partial charge in [0.1, 0.15) is 4.90 Å². The minimum absolute atomic E-state index is 0.0154. The van der Waals surface area contributed by atoms with Gasteiger partial charge in [0, 0.05) is 25.3 Å². The fraction of sp³-hybridized carbons (Fsp3) is 0.133. The second-order valence-electron chi connectivity index (χ2n) is 4.66. The van der Waals surface area contributed by atoms with Gasteiger partial charge >= 0.3 is 0 Å². The van der Waals surface area contributed by atoms with E-state index in [0.717, 1.165) is 0 Å². The molecule has 2 rings (SSSR count). The summed E-state index contributed by atoms with van der Waals surface area (Å²) in [7, 11) is -2.11. The van der Waals surface area contributed by atoms with Gasteiger partial charge in [0.2, 0.25) is 5.91 Å². The zero-order valence-electron chi connectivity index (χ0n) is 12.1. The summed E-state index contributed by atoms with van der Waals surface area (Å²) in [5, 5.41) is 0.155. The maximum atomic E-state index is 12.3. The van der Waals surface area contributed by atoms with Crippen molar-refractivity contribution in [2.24, 2.45) is 0 Å². The molecule has 1 amide bonds. The van der Waals surface area contributed by atoms with Gasteiger partial charge in [0.05, 0.1) is 5.02 Å². The SMILES string of the molecule is CC(=O)N(C)c1ccc(NS(=O)(=O)c2ccccc2Cl)cc1. The largest absolute Gasteiger partial charge is 0.316 e. The third-order valence-corrected chi connectivity index (χ3v) is 4.99. The Labute approximate surface area is 134 Å². The maximum Gasteiger partial charge on any atom is 0.263 e. The zero-order valence-corrected chi connectivity index (χ0v) is 13.6. The molecular formula is C15H15ClN2O3S. The highest BCUT2D eigenvalue weighted by molar-refractivity contribution is 7.92. The van der Waals surface area contributed by atoms with E-state index in [4.69, 9.17) is 11.6 Å². The average molecular weight is 339 g/mol. The van der Waals surface area contributed by atoms with Gasteiger partial charge in [0.25, 0.3) is 10.0 Å². The number of sulfonamides is 1. The second-order valence-corrected chi connectivity index (χ2v) is 6.72. The van der Waals surface area contributed by atoms with Gasteiger partial charge in [0.15, 0.2) is 0 Å². The minimum Gasteiger partial charge on any atom is -0.316 e. The fourth-order valence-corrected chi connectivity index (χ4v) is 3.39. The highest BCUT2D eigenvalue weighted by atomic mass is 35.5. The first-order valence-corrected chi connectivity index (χ1v) is 8.29. The number of hydrogen-bond acceptors (Lipinski definition) is 3. The first kappa shape index (κ1) is 16.3. The van der Waals surface area contributed by atoms with Crippen LogP contribution in [-0.4, -0.2) is 21.4 Å². The summed E-state index contributed by atoms with van der Waals surface area (Å²) in [5.74, 6) is -0.107. The molecule has 22 heavy (non-hydrogen) atoms. The Morgan fingerprint density at radius 3 is 2.23 bits per heavy atom. The van der Waals surface area contributed by atoms with Crippen molar-refractivity contribution in [1.82, 2.24) is 0 Å². The molecule has 0 spiro atoms. The van der Waals surface area contributed by atoms with Crippen molar-refractivity contribution in [3.05, 3.63) is 53.6 Å². The lowest BCUT2D eigenvalue weighted by Crippen LogP contribution is -2.22. The van der Waals surface area contributed by atoms with E-state index in [0.29, 0.717) is 11.4 Å². The molecule has 0 aliphatic rings. The Balaban J connectivity index is 2.24. The molecule has 7 heteroatoms. The van der Waals surface area contributed by atoms with Crippen molar-refractivity contribution in [1.29, 1.82) is 0 Å². The summed E-state index contributed by atoms with van der Waals surface area (Å²) in [6.07, 6.45) is 0. The molecule has 116 valence electrons. The second kappa shape index (κ2) is 6.37. The number of anilines is 2. The molecule has 2 aromatic carbocycles. The van der Waals surface area contributed by atoms with Gasteiger partial charge < -0.3 is 4.90 Å². The molecule has 0 unspecified atom stereocenters. The zero-order chi connectivity index (χ0) is 16.3. The number of nitrogens with zero attached hydrogens (tertiary/aromatic N) is 1. The molecule has 0 aliphatic heterocycles. The molecule has 0 radical (unpaired) electrons. The van der Waals surface area contributed by atoms with Crippen LogP contribution in [0.15, 0.2) is 53.4 Å². The standard InChI is InChI=1S/C15H15ClN2O3S/c1-11(19)18(2)13-9-7-12(8-10-13)17-22(20,21)15-6-4-3-5-14(15)16/h3-10,17H,1-2H3. The Morgan fingerprint density at radius 2 is 1.68 bits per heavy atom. The topological polar surface area (TPSA) is 66.5 Å². The van der Waals surface area contributed by atoms with Gasteiger partial charge in [-0.3, -0.25) is 9.52 Å². The first-order chi connectivity index (χ1) is 10.3. The normalized spacial score (nSPS) is 11.0. The molecule has 0 bridgehead atoms. The van der Waals surface area contributed by atoms with E-state index in [1.54, 1.807) is 43.4 Å². The molecule has 0 fully saturated rings.